The number of halogens is 1. The summed E-state index contributed by atoms with van der Waals surface area (Å²) in [7, 11) is -4.86. The second kappa shape index (κ2) is 5.69. The van der Waals surface area contributed by atoms with Crippen molar-refractivity contribution < 1.29 is 33.1 Å². The number of rotatable bonds is 4. The number of nitrogens with one attached hydrogen (secondary N) is 1. The third-order valence-corrected chi connectivity index (χ3v) is 3.53. The topological polar surface area (TPSA) is 134 Å². The highest BCUT2D eigenvalue weighted by atomic mass is 32.1. The van der Waals surface area contributed by atoms with Crippen LogP contribution in [0.2, 0.25) is 0 Å². The van der Waals surface area contributed by atoms with Crippen molar-refractivity contribution in [3.63, 3.8) is 0 Å². The first-order valence-corrected chi connectivity index (χ1v) is 7.60. The van der Waals surface area contributed by atoms with Gasteiger partial charge in [-0.1, -0.05) is 0 Å². The molecule has 2 rings (SSSR count). The van der Waals surface area contributed by atoms with E-state index in [-0.39, 0.29) is 4.77 Å². The highest BCUT2D eigenvalue weighted by molar-refractivity contribution is 7.71. The van der Waals surface area contributed by atoms with E-state index in [0.717, 1.165) is 10.6 Å². The number of ether oxygens (including phenoxy) is 1. The van der Waals surface area contributed by atoms with Crippen molar-refractivity contribution >= 4 is 20.0 Å². The van der Waals surface area contributed by atoms with Gasteiger partial charge >= 0.3 is 7.82 Å². The molecule has 0 aliphatic carbocycles. The fraction of sp³-hybridized carbons (Fsp3) is 0.556. The van der Waals surface area contributed by atoms with Crippen LogP contribution in [0.25, 0.3) is 0 Å². The van der Waals surface area contributed by atoms with Crippen LogP contribution in [0.1, 0.15) is 12.6 Å². The van der Waals surface area contributed by atoms with E-state index in [9.17, 15) is 18.9 Å². The van der Waals surface area contributed by atoms with E-state index in [1.54, 1.807) is 0 Å². The molecular weight excluding hydrogens is 330 g/mol. The average Bonchev–Trinajstić information content (AvgIpc) is 2.63. The highest BCUT2D eigenvalue weighted by Gasteiger charge is 2.48. The van der Waals surface area contributed by atoms with Gasteiger partial charge in [0.2, 0.25) is 5.85 Å². The van der Waals surface area contributed by atoms with Gasteiger partial charge in [0.1, 0.15) is 12.7 Å². The molecule has 2 heterocycles. The number of hydrogen-bond acceptors (Lipinski definition) is 6. The Morgan fingerprint density at radius 3 is 2.90 bits per heavy atom. The van der Waals surface area contributed by atoms with Crippen LogP contribution in [-0.4, -0.2) is 43.0 Å². The lowest BCUT2D eigenvalue weighted by Gasteiger charge is -2.21. The number of aliphatic hydroxyl groups is 1. The second-order valence-corrected chi connectivity index (χ2v) is 6.07. The highest BCUT2D eigenvalue weighted by Crippen LogP contribution is 2.43. The summed E-state index contributed by atoms with van der Waals surface area (Å²) in [6.07, 6.45) is -1.95. The van der Waals surface area contributed by atoms with Crippen molar-refractivity contribution in [3.05, 3.63) is 27.4 Å². The SMILES string of the molecule is O=c1ccn([C@@H]2O[C@](F)(COP(=O)(O)O)C[C@H]2O)c(=S)[nH]1. The third-order valence-electron chi connectivity index (χ3n) is 2.75. The fourth-order valence-corrected chi connectivity index (χ4v) is 2.53. The molecule has 1 saturated heterocycles. The van der Waals surface area contributed by atoms with Crippen LogP contribution < -0.4 is 5.56 Å². The minimum Gasteiger partial charge on any atom is -0.388 e. The molecule has 0 aromatic carbocycles. The summed E-state index contributed by atoms with van der Waals surface area (Å²) in [5.41, 5.74) is -0.472. The molecule has 0 unspecified atom stereocenters. The zero-order valence-electron chi connectivity index (χ0n) is 10.4. The van der Waals surface area contributed by atoms with E-state index in [1.165, 1.54) is 6.20 Å². The Labute approximate surface area is 122 Å². The molecule has 1 aliphatic rings. The number of H-pyrrole nitrogens is 1. The maximum Gasteiger partial charge on any atom is 0.469 e. The maximum atomic E-state index is 14.3. The summed E-state index contributed by atoms with van der Waals surface area (Å²) in [6, 6.07) is 1.11. The minimum atomic E-state index is -4.86. The van der Waals surface area contributed by atoms with Crippen LogP contribution >= 0.6 is 20.0 Å². The molecule has 4 N–H and O–H groups in total. The zero-order valence-corrected chi connectivity index (χ0v) is 12.1. The Morgan fingerprint density at radius 2 is 2.33 bits per heavy atom. The van der Waals surface area contributed by atoms with Crippen LogP contribution in [0, 0.1) is 4.77 Å². The van der Waals surface area contributed by atoms with Gasteiger partial charge in [-0.25, -0.2) is 8.96 Å². The first kappa shape index (κ1) is 16.4. The molecule has 0 spiro atoms. The standard InChI is InChI=1S/C9H12FN2O7PS/c10-9(4-18-20(15,16)17)3-5(13)7(19-9)12-2-1-6(14)11-8(12)21/h1-2,5,7,13H,3-4H2,(H,11,14,21)(H2,15,16,17)/t5-,7-,9+/m1/s1. The fourth-order valence-electron chi connectivity index (χ4n) is 1.90. The summed E-state index contributed by atoms with van der Waals surface area (Å²) < 4.78 is 34.9. The summed E-state index contributed by atoms with van der Waals surface area (Å²) in [4.78, 5) is 30.4. The van der Waals surface area contributed by atoms with Crippen molar-refractivity contribution in [1.29, 1.82) is 0 Å². The van der Waals surface area contributed by atoms with Crippen molar-refractivity contribution in [2.45, 2.75) is 24.6 Å². The van der Waals surface area contributed by atoms with Crippen LogP contribution in [0.5, 0.6) is 0 Å². The lowest BCUT2D eigenvalue weighted by Crippen LogP contribution is -2.29. The van der Waals surface area contributed by atoms with Crippen molar-refractivity contribution in [2.24, 2.45) is 0 Å². The predicted molar refractivity (Wildman–Crippen MR) is 68.5 cm³/mol. The molecule has 0 saturated carbocycles. The Bertz CT molecular complexity index is 687. The number of nitrogens with zero attached hydrogens (tertiary/aromatic N) is 1. The number of alkyl halides is 1. The molecule has 3 atom stereocenters. The molecule has 1 aliphatic heterocycles. The number of phosphoric ester groups is 1. The normalized spacial score (nSPS) is 29.7. The molecule has 1 aromatic heterocycles. The molecule has 1 aromatic rings. The van der Waals surface area contributed by atoms with Crippen LogP contribution in [0.3, 0.4) is 0 Å². The Hall–Kier alpha value is -0.940. The molecule has 0 radical (unpaired) electrons. The Kier molecular flexibility index (Phi) is 4.45. The van der Waals surface area contributed by atoms with E-state index < -0.39 is 44.6 Å². The van der Waals surface area contributed by atoms with E-state index in [1.807, 2.05) is 0 Å². The van der Waals surface area contributed by atoms with Crippen LogP contribution in [-0.2, 0) is 13.8 Å². The molecule has 0 amide bonds. The van der Waals surface area contributed by atoms with E-state index in [4.69, 9.17) is 26.7 Å². The molecule has 118 valence electrons. The average molecular weight is 342 g/mol. The smallest absolute Gasteiger partial charge is 0.388 e. The quantitative estimate of drug-likeness (QED) is 0.442. The monoisotopic (exact) mass is 342 g/mol. The van der Waals surface area contributed by atoms with Gasteiger partial charge in [0.15, 0.2) is 11.0 Å². The van der Waals surface area contributed by atoms with Gasteiger partial charge in [0.25, 0.3) is 5.56 Å². The van der Waals surface area contributed by atoms with Crippen LogP contribution in [0.15, 0.2) is 17.1 Å². The number of aliphatic hydroxyl groups excluding tert-OH is 1. The predicted octanol–water partition coefficient (Wildman–Crippen LogP) is -0.0392. The van der Waals surface area contributed by atoms with E-state index in [2.05, 4.69) is 9.51 Å². The van der Waals surface area contributed by atoms with Crippen molar-refractivity contribution in [2.75, 3.05) is 6.61 Å². The van der Waals surface area contributed by atoms with E-state index >= 15 is 0 Å². The minimum absolute atomic E-state index is 0.0910. The first-order chi connectivity index (χ1) is 9.60. The molecule has 21 heavy (non-hydrogen) atoms. The Balaban J connectivity index is 2.19. The summed E-state index contributed by atoms with van der Waals surface area (Å²) in [6.45, 7) is -1.05. The van der Waals surface area contributed by atoms with Gasteiger partial charge in [0.05, 0.1) is 0 Å². The Morgan fingerprint density at radius 1 is 1.67 bits per heavy atom. The van der Waals surface area contributed by atoms with Gasteiger partial charge in [0, 0.05) is 18.7 Å². The van der Waals surface area contributed by atoms with Gasteiger partial charge in [-0.3, -0.25) is 18.9 Å². The van der Waals surface area contributed by atoms with Crippen molar-refractivity contribution in [3.8, 4) is 0 Å². The third kappa shape index (κ3) is 4.04. The molecule has 1 fully saturated rings. The van der Waals surface area contributed by atoms with Gasteiger partial charge in [-0.05, 0) is 12.2 Å². The largest absolute Gasteiger partial charge is 0.469 e. The van der Waals surface area contributed by atoms with Crippen LogP contribution in [0.4, 0.5) is 4.39 Å². The maximum absolute atomic E-state index is 14.3. The first-order valence-electron chi connectivity index (χ1n) is 5.66. The second-order valence-electron chi connectivity index (χ2n) is 4.44. The van der Waals surface area contributed by atoms with Crippen molar-refractivity contribution in [1.82, 2.24) is 9.55 Å². The molecular formula is C9H12FN2O7PS. The molecule has 12 heteroatoms. The number of aromatic nitrogens is 2. The lowest BCUT2D eigenvalue weighted by molar-refractivity contribution is -0.178. The van der Waals surface area contributed by atoms with Gasteiger partial charge in [-0.2, -0.15) is 0 Å². The van der Waals surface area contributed by atoms with Gasteiger partial charge < -0.3 is 19.6 Å². The number of phosphoric acid groups is 1. The number of aromatic amines is 1. The van der Waals surface area contributed by atoms with E-state index in [0.29, 0.717) is 0 Å². The lowest BCUT2D eigenvalue weighted by atomic mass is 10.2. The summed E-state index contributed by atoms with van der Waals surface area (Å²) in [5, 5.41) is 9.83. The molecule has 0 bridgehead atoms. The molecule has 9 nitrogen and oxygen atoms in total. The summed E-state index contributed by atoms with van der Waals surface area (Å²) >= 11 is 4.87. The summed E-state index contributed by atoms with van der Waals surface area (Å²) in [5.74, 6) is -2.59. The zero-order chi connectivity index (χ0) is 15.8. The number of hydrogen-bond donors (Lipinski definition) is 4. The van der Waals surface area contributed by atoms with Gasteiger partial charge in [-0.15, -0.1) is 0 Å².